The molecule has 0 aliphatic carbocycles. The average Bonchev–Trinajstić information content (AvgIpc) is 2.74. The van der Waals surface area contributed by atoms with E-state index in [-0.39, 0.29) is 12.5 Å². The maximum absolute atomic E-state index is 12.2. The van der Waals surface area contributed by atoms with Crippen LogP contribution in [0.5, 0.6) is 5.75 Å². The molecule has 0 bridgehead atoms. The summed E-state index contributed by atoms with van der Waals surface area (Å²) in [5.74, 6) is -0.289. The number of carbonyl (C=O) groups is 2. The summed E-state index contributed by atoms with van der Waals surface area (Å²) in [6, 6.07) is 21.6. The van der Waals surface area contributed by atoms with Crippen LogP contribution in [0.2, 0.25) is 0 Å². The number of hydrazone groups is 1. The Hall–Kier alpha value is -3.45. The first-order valence-electron chi connectivity index (χ1n) is 9.20. The van der Waals surface area contributed by atoms with Crippen molar-refractivity contribution in [2.45, 2.75) is 6.92 Å². The van der Waals surface area contributed by atoms with Gasteiger partial charge >= 0.3 is 5.97 Å². The highest BCUT2D eigenvalue weighted by Crippen LogP contribution is 2.19. The molecule has 0 unspecified atom stereocenters. The SMILES string of the molecule is Cc1cccc(NCC(=O)N/N=C/c2ccc(OC(=O)c3ccccc3Br)cc2)c1. The second kappa shape index (κ2) is 10.4. The van der Waals surface area contributed by atoms with Gasteiger partial charge in [0.25, 0.3) is 5.91 Å². The Bertz CT molecular complexity index is 1070. The lowest BCUT2D eigenvalue weighted by molar-refractivity contribution is -0.119. The predicted octanol–water partition coefficient (Wildman–Crippen LogP) is 4.54. The van der Waals surface area contributed by atoms with Crippen molar-refractivity contribution in [2.75, 3.05) is 11.9 Å². The molecular weight excluding hydrogens is 446 g/mol. The van der Waals surface area contributed by atoms with Crippen molar-refractivity contribution in [3.8, 4) is 5.75 Å². The molecule has 3 aromatic rings. The molecule has 0 atom stereocenters. The number of aryl methyl sites for hydroxylation is 1. The van der Waals surface area contributed by atoms with E-state index < -0.39 is 5.97 Å². The fourth-order valence-corrected chi connectivity index (χ4v) is 3.01. The summed E-state index contributed by atoms with van der Waals surface area (Å²) in [6.45, 7) is 2.10. The predicted molar refractivity (Wildman–Crippen MR) is 121 cm³/mol. The van der Waals surface area contributed by atoms with E-state index in [1.54, 1.807) is 42.5 Å². The van der Waals surface area contributed by atoms with Gasteiger partial charge in [0.1, 0.15) is 5.75 Å². The lowest BCUT2D eigenvalue weighted by atomic mass is 10.2. The van der Waals surface area contributed by atoms with Gasteiger partial charge < -0.3 is 10.1 Å². The van der Waals surface area contributed by atoms with E-state index in [4.69, 9.17) is 4.74 Å². The molecule has 0 saturated heterocycles. The number of anilines is 1. The first-order valence-corrected chi connectivity index (χ1v) is 10.00. The second-order valence-electron chi connectivity index (χ2n) is 6.45. The Balaban J connectivity index is 1.48. The molecule has 0 aliphatic rings. The number of halogens is 1. The van der Waals surface area contributed by atoms with Gasteiger partial charge in [0.05, 0.1) is 18.3 Å². The van der Waals surface area contributed by atoms with Crippen LogP contribution in [-0.4, -0.2) is 24.6 Å². The molecule has 3 rings (SSSR count). The van der Waals surface area contributed by atoms with Crippen molar-refractivity contribution < 1.29 is 14.3 Å². The van der Waals surface area contributed by atoms with Crippen LogP contribution in [0.15, 0.2) is 82.4 Å². The van der Waals surface area contributed by atoms with Gasteiger partial charge in [0.2, 0.25) is 0 Å². The number of esters is 1. The molecule has 30 heavy (non-hydrogen) atoms. The second-order valence-corrected chi connectivity index (χ2v) is 7.31. The zero-order valence-electron chi connectivity index (χ0n) is 16.3. The van der Waals surface area contributed by atoms with Gasteiger partial charge in [-0.25, -0.2) is 10.2 Å². The number of rotatable bonds is 7. The smallest absolute Gasteiger partial charge is 0.344 e. The standard InChI is InChI=1S/C23H20BrN3O3/c1-16-5-4-6-18(13-16)25-15-22(28)27-26-14-17-9-11-19(12-10-17)30-23(29)20-7-2-3-8-21(20)24/h2-14,25H,15H2,1H3,(H,27,28)/b26-14+. The maximum Gasteiger partial charge on any atom is 0.344 e. The van der Waals surface area contributed by atoms with Crippen molar-refractivity contribution in [3.05, 3.63) is 94.0 Å². The van der Waals surface area contributed by atoms with Gasteiger partial charge in [0, 0.05) is 10.2 Å². The quantitative estimate of drug-likeness (QED) is 0.232. The average molecular weight is 466 g/mol. The molecule has 3 aromatic carbocycles. The Labute approximate surface area is 183 Å². The Morgan fingerprint density at radius 2 is 1.80 bits per heavy atom. The zero-order chi connectivity index (χ0) is 21.3. The molecule has 0 heterocycles. The third kappa shape index (κ3) is 6.28. The van der Waals surface area contributed by atoms with Gasteiger partial charge in [-0.2, -0.15) is 5.10 Å². The molecule has 0 aromatic heterocycles. The third-order valence-electron chi connectivity index (χ3n) is 4.06. The van der Waals surface area contributed by atoms with E-state index in [9.17, 15) is 9.59 Å². The number of carbonyl (C=O) groups excluding carboxylic acids is 2. The van der Waals surface area contributed by atoms with Crippen LogP contribution in [-0.2, 0) is 4.79 Å². The number of ether oxygens (including phenoxy) is 1. The normalized spacial score (nSPS) is 10.6. The fourth-order valence-electron chi connectivity index (χ4n) is 2.57. The Morgan fingerprint density at radius 3 is 2.53 bits per heavy atom. The molecule has 0 aliphatic heterocycles. The summed E-state index contributed by atoms with van der Waals surface area (Å²) in [6.07, 6.45) is 1.52. The van der Waals surface area contributed by atoms with Crippen molar-refractivity contribution in [1.82, 2.24) is 5.43 Å². The molecular formula is C23H20BrN3O3. The number of amides is 1. The summed E-state index contributed by atoms with van der Waals surface area (Å²) in [5.41, 5.74) is 5.66. The topological polar surface area (TPSA) is 79.8 Å². The summed E-state index contributed by atoms with van der Waals surface area (Å²) in [5, 5.41) is 6.98. The molecule has 0 spiro atoms. The number of nitrogens with zero attached hydrogens (tertiary/aromatic N) is 1. The highest BCUT2D eigenvalue weighted by molar-refractivity contribution is 9.10. The molecule has 1 amide bonds. The summed E-state index contributed by atoms with van der Waals surface area (Å²) < 4.78 is 6.04. The van der Waals surface area contributed by atoms with Crippen LogP contribution >= 0.6 is 15.9 Å². The van der Waals surface area contributed by atoms with E-state index in [1.165, 1.54) is 6.21 Å². The van der Waals surface area contributed by atoms with Gasteiger partial charge in [-0.15, -0.1) is 0 Å². The number of hydrogen-bond acceptors (Lipinski definition) is 5. The Morgan fingerprint density at radius 1 is 1.03 bits per heavy atom. The van der Waals surface area contributed by atoms with Gasteiger partial charge in [-0.05, 0) is 82.5 Å². The summed E-state index contributed by atoms with van der Waals surface area (Å²) in [7, 11) is 0. The van der Waals surface area contributed by atoms with Crippen molar-refractivity contribution in [3.63, 3.8) is 0 Å². The molecule has 7 heteroatoms. The lowest BCUT2D eigenvalue weighted by Crippen LogP contribution is -2.25. The minimum atomic E-state index is -0.447. The molecule has 152 valence electrons. The van der Waals surface area contributed by atoms with Gasteiger partial charge in [-0.3, -0.25) is 4.79 Å². The lowest BCUT2D eigenvalue weighted by Gasteiger charge is -2.06. The van der Waals surface area contributed by atoms with Crippen molar-refractivity contribution >= 4 is 39.7 Å². The van der Waals surface area contributed by atoms with Crippen LogP contribution in [0.25, 0.3) is 0 Å². The first kappa shape index (κ1) is 21.3. The van der Waals surface area contributed by atoms with Crippen LogP contribution in [0.3, 0.4) is 0 Å². The monoisotopic (exact) mass is 465 g/mol. The number of hydrogen-bond donors (Lipinski definition) is 2. The van der Waals surface area contributed by atoms with E-state index in [0.717, 1.165) is 16.8 Å². The van der Waals surface area contributed by atoms with E-state index in [0.29, 0.717) is 15.8 Å². The fraction of sp³-hybridized carbons (Fsp3) is 0.0870. The van der Waals surface area contributed by atoms with Gasteiger partial charge in [-0.1, -0.05) is 24.3 Å². The Kier molecular flexibility index (Phi) is 7.34. The largest absolute Gasteiger partial charge is 0.423 e. The highest BCUT2D eigenvalue weighted by atomic mass is 79.9. The van der Waals surface area contributed by atoms with Gasteiger partial charge in [0.15, 0.2) is 0 Å². The van der Waals surface area contributed by atoms with E-state index >= 15 is 0 Å². The summed E-state index contributed by atoms with van der Waals surface area (Å²) in [4.78, 5) is 24.1. The molecule has 2 N–H and O–H groups in total. The van der Waals surface area contributed by atoms with E-state index in [1.807, 2.05) is 37.3 Å². The molecule has 0 saturated carbocycles. The van der Waals surface area contributed by atoms with Crippen molar-refractivity contribution in [2.24, 2.45) is 5.10 Å². The maximum atomic E-state index is 12.2. The molecule has 0 fully saturated rings. The number of nitrogens with one attached hydrogen (secondary N) is 2. The molecule has 0 radical (unpaired) electrons. The van der Waals surface area contributed by atoms with E-state index in [2.05, 4.69) is 31.8 Å². The van der Waals surface area contributed by atoms with Crippen LogP contribution in [0, 0.1) is 6.92 Å². The summed E-state index contributed by atoms with van der Waals surface area (Å²) >= 11 is 3.33. The zero-order valence-corrected chi connectivity index (χ0v) is 17.8. The first-order chi connectivity index (χ1) is 14.5. The molecule has 6 nitrogen and oxygen atoms in total. The third-order valence-corrected chi connectivity index (χ3v) is 4.75. The number of benzene rings is 3. The van der Waals surface area contributed by atoms with Crippen molar-refractivity contribution in [1.29, 1.82) is 0 Å². The van der Waals surface area contributed by atoms with Crippen LogP contribution < -0.4 is 15.5 Å². The minimum absolute atomic E-state index is 0.116. The minimum Gasteiger partial charge on any atom is -0.423 e. The van der Waals surface area contributed by atoms with Crippen LogP contribution in [0.1, 0.15) is 21.5 Å². The van der Waals surface area contributed by atoms with Crippen LogP contribution in [0.4, 0.5) is 5.69 Å². The highest BCUT2D eigenvalue weighted by Gasteiger charge is 2.11.